The van der Waals surface area contributed by atoms with E-state index in [9.17, 15) is 0 Å². The van der Waals surface area contributed by atoms with E-state index in [1.807, 2.05) is 0 Å². The third kappa shape index (κ3) is 18.0. The first kappa shape index (κ1) is 44.7. The number of halogens is 4. The Kier molecular flexibility index (Phi) is 23.1. The van der Waals surface area contributed by atoms with Gasteiger partial charge in [-0.1, -0.05) is 53.4 Å². The molecule has 0 saturated heterocycles. The zero-order valence-corrected chi connectivity index (χ0v) is 37.7. The van der Waals surface area contributed by atoms with Gasteiger partial charge in [0.25, 0.3) is 0 Å². The van der Waals surface area contributed by atoms with Crippen molar-refractivity contribution in [3.05, 3.63) is 0 Å². The van der Waals surface area contributed by atoms with Crippen LogP contribution >= 0.6 is 51.7 Å². The molecule has 0 N–H and O–H groups in total. The van der Waals surface area contributed by atoms with Gasteiger partial charge < -0.3 is 8.85 Å². The number of hydrogen-bond acceptors (Lipinski definition) is 4. The molecule has 2 rings (SSSR count). The molecule has 0 aliphatic heterocycles. The molecule has 0 aromatic carbocycles. The molecule has 2 aliphatic carbocycles. The second-order valence-electron chi connectivity index (χ2n) is 15.1. The fourth-order valence-corrected chi connectivity index (χ4v) is 9.48. The fourth-order valence-electron chi connectivity index (χ4n) is 7.05. The maximum absolute atomic E-state index is 6.79. The average Bonchev–Trinajstić information content (AvgIpc) is 2.96. The van der Waals surface area contributed by atoms with Gasteiger partial charge in [-0.3, -0.25) is 9.98 Å². The summed E-state index contributed by atoms with van der Waals surface area (Å²) in [7, 11) is -1.88. The van der Waals surface area contributed by atoms with Crippen molar-refractivity contribution in [1.82, 2.24) is 0 Å². The molecule has 0 radical (unpaired) electrons. The van der Waals surface area contributed by atoms with Crippen LogP contribution in [-0.4, -0.2) is 64.1 Å². The van der Waals surface area contributed by atoms with E-state index in [1.165, 1.54) is 22.3 Å². The molecule has 2 fully saturated rings. The van der Waals surface area contributed by atoms with E-state index in [1.54, 1.807) is 0 Å². The molecule has 0 spiro atoms. The van der Waals surface area contributed by atoms with E-state index >= 15 is 0 Å². The zero-order valence-electron chi connectivity index (χ0n) is 30.1. The molecule has 4 atom stereocenters. The molecule has 2 aliphatic rings. The Labute approximate surface area is 310 Å². The van der Waals surface area contributed by atoms with Gasteiger partial charge in [-0.25, -0.2) is 0 Å². The number of hydrogen-bond donors (Lipinski definition) is 0. The molecule has 0 bridgehead atoms. The van der Waals surface area contributed by atoms with Gasteiger partial charge in [0.1, 0.15) is 0 Å². The Morgan fingerprint density at radius 3 is 1.11 bits per heavy atom. The first-order valence-corrected chi connectivity index (χ1v) is 30.2. The Morgan fingerprint density at radius 1 is 0.622 bits per heavy atom. The molecule has 0 aromatic rings. The maximum atomic E-state index is 6.79. The first-order valence-electron chi connectivity index (χ1n) is 17.6. The summed E-state index contributed by atoms with van der Waals surface area (Å²) in [6.07, 6.45) is 12.7. The second kappa shape index (κ2) is 23.2. The van der Waals surface area contributed by atoms with E-state index in [-0.39, 0.29) is 10.8 Å². The van der Waals surface area contributed by atoms with Crippen molar-refractivity contribution in [2.45, 2.75) is 167 Å². The SMILES string of the molecule is CCC1CC(Cl)CC(CC)C1N=C(CCCO[Si](C)(C)C)C(CCCO[Si](C)(C)C)=NC1C(CC)CC(Cl)CC1CC.[Br][Ni][Br]. The van der Waals surface area contributed by atoms with Gasteiger partial charge in [0.15, 0.2) is 16.6 Å². The summed E-state index contributed by atoms with van der Waals surface area (Å²) < 4.78 is 12.6. The molecule has 270 valence electrons. The monoisotopic (exact) mass is 876 g/mol. The standard InChI is InChI=1S/C34H66Cl2N2O2Si2.2BrH.Ni/c1-11-25-21-29(35)22-26(12-2)33(25)37-31(17-15-19-39-41(5,6)7)32(18-16-20-40-42(8,9)10)38-34-27(13-3)23-30(36)24-28(34)14-4;;;/h25-30,33-34H,11-24H2,1-10H3;2*1H;/q;;;+2/p-2. The molecule has 4 unspecified atom stereocenters. The molecular formula is C34H66Br2Cl2N2NiO2Si2. The summed E-state index contributed by atoms with van der Waals surface area (Å²) >= 11 is 19.6. The molecule has 11 heteroatoms. The number of aliphatic imine (C=N–C) groups is 2. The Bertz CT molecular complexity index is 780. The Morgan fingerprint density at radius 2 is 0.889 bits per heavy atom. The molecule has 0 heterocycles. The molecule has 45 heavy (non-hydrogen) atoms. The molecule has 4 nitrogen and oxygen atoms in total. The van der Waals surface area contributed by atoms with Gasteiger partial charge in [0.05, 0.1) is 23.5 Å². The van der Waals surface area contributed by atoms with Crippen LogP contribution in [0.1, 0.15) is 105 Å². The van der Waals surface area contributed by atoms with Gasteiger partial charge in [0.2, 0.25) is 0 Å². The summed E-state index contributed by atoms with van der Waals surface area (Å²) in [5.74, 6) is 2.15. The van der Waals surface area contributed by atoms with Crippen molar-refractivity contribution < 1.29 is 19.7 Å². The van der Waals surface area contributed by atoms with Gasteiger partial charge in [-0.2, -0.15) is 0 Å². The van der Waals surface area contributed by atoms with E-state index in [4.69, 9.17) is 42.0 Å². The van der Waals surface area contributed by atoms with Crippen LogP contribution < -0.4 is 0 Å². The summed E-state index contributed by atoms with van der Waals surface area (Å²) in [6.45, 7) is 24.5. The average molecular weight is 880 g/mol. The summed E-state index contributed by atoms with van der Waals surface area (Å²) in [6, 6.07) is 0.655. The minimum absolute atomic E-state index is 0.271. The normalized spacial score (nSPS) is 30.3. The predicted octanol–water partition coefficient (Wildman–Crippen LogP) is 12.5. The number of alkyl halides is 2. The minimum atomic E-state index is -1.56. The van der Waals surface area contributed by atoms with Crippen molar-refractivity contribution in [3.63, 3.8) is 0 Å². The second-order valence-corrected chi connectivity index (χ2v) is 30.4. The third-order valence-corrected chi connectivity index (χ3v) is 12.2. The van der Waals surface area contributed by atoms with Crippen LogP contribution in [-0.2, 0) is 19.7 Å². The molecule has 0 amide bonds. The fraction of sp³-hybridized carbons (Fsp3) is 0.941. The third-order valence-electron chi connectivity index (χ3n) is 9.39. The predicted molar refractivity (Wildman–Crippen MR) is 210 cm³/mol. The Hall–Kier alpha value is 1.73. The van der Waals surface area contributed by atoms with Gasteiger partial charge >= 0.3 is 39.3 Å². The van der Waals surface area contributed by atoms with E-state index in [0.29, 0.717) is 35.8 Å². The first-order chi connectivity index (χ1) is 21.1. The van der Waals surface area contributed by atoms with Crippen LogP contribution in [0.3, 0.4) is 0 Å². The van der Waals surface area contributed by atoms with Crippen LogP contribution in [0.2, 0.25) is 39.3 Å². The van der Waals surface area contributed by atoms with E-state index in [0.717, 1.165) is 90.3 Å². The van der Waals surface area contributed by atoms with E-state index in [2.05, 4.69) is 95.4 Å². The molecule has 2 saturated carbocycles. The van der Waals surface area contributed by atoms with Crippen molar-refractivity contribution in [2.75, 3.05) is 13.2 Å². The van der Waals surface area contributed by atoms with Crippen molar-refractivity contribution >= 4 is 79.7 Å². The number of rotatable bonds is 17. The summed E-state index contributed by atoms with van der Waals surface area (Å²) in [5, 5.41) is 0.543. The molecular weight excluding hydrogens is 814 g/mol. The van der Waals surface area contributed by atoms with Gasteiger partial charge in [-0.15, -0.1) is 23.2 Å². The molecule has 0 aromatic heterocycles. The number of nitrogens with zero attached hydrogens (tertiary/aromatic N) is 2. The Balaban J connectivity index is 0.00000324. The zero-order chi connectivity index (χ0) is 34.2. The topological polar surface area (TPSA) is 43.2 Å². The summed E-state index contributed by atoms with van der Waals surface area (Å²) in [4.78, 5) is 11.5. The van der Waals surface area contributed by atoms with Crippen LogP contribution in [0, 0.1) is 23.7 Å². The van der Waals surface area contributed by atoms with Crippen LogP contribution in [0.25, 0.3) is 0 Å². The van der Waals surface area contributed by atoms with Crippen molar-refractivity contribution in [1.29, 1.82) is 0 Å². The van der Waals surface area contributed by atoms with Gasteiger partial charge in [-0.05, 0) is 114 Å². The van der Waals surface area contributed by atoms with Gasteiger partial charge in [0, 0.05) is 24.0 Å². The van der Waals surface area contributed by atoms with Crippen LogP contribution in [0.5, 0.6) is 0 Å². The van der Waals surface area contributed by atoms with Crippen LogP contribution in [0.15, 0.2) is 9.98 Å². The van der Waals surface area contributed by atoms with Crippen molar-refractivity contribution in [3.8, 4) is 0 Å². The van der Waals surface area contributed by atoms with E-state index < -0.39 is 16.6 Å². The van der Waals surface area contributed by atoms with Crippen LogP contribution in [0.4, 0.5) is 0 Å². The van der Waals surface area contributed by atoms with Crippen molar-refractivity contribution in [2.24, 2.45) is 33.7 Å². The quantitative estimate of drug-likeness (QED) is 0.0632. The summed E-state index contributed by atoms with van der Waals surface area (Å²) in [5.41, 5.74) is 2.49.